The van der Waals surface area contributed by atoms with E-state index < -0.39 is 10.8 Å². The molecule has 3 N–H and O–H groups in total. The molecular formula is C23H17Cl2N7O4S. The molecule has 14 heteroatoms. The number of nitrogens with one attached hydrogen (secondary N) is 3. The molecule has 0 aliphatic carbocycles. The number of nitro groups is 1. The highest BCUT2D eigenvalue weighted by Gasteiger charge is 2.15. The molecule has 11 nitrogen and oxygen atoms in total. The lowest BCUT2D eigenvalue weighted by molar-refractivity contribution is -0.384. The topological polar surface area (TPSA) is 136 Å². The van der Waals surface area contributed by atoms with Crippen LogP contribution in [-0.2, 0) is 0 Å². The number of para-hydroxylation sites is 2. The quantitative estimate of drug-likeness (QED) is 0.119. The molecule has 1 amide bonds. The molecule has 4 aromatic rings. The van der Waals surface area contributed by atoms with Gasteiger partial charge >= 0.3 is 0 Å². The number of amides is 1. The van der Waals surface area contributed by atoms with Crippen LogP contribution in [0.2, 0.25) is 10.0 Å². The van der Waals surface area contributed by atoms with Crippen molar-refractivity contribution in [3.05, 3.63) is 98.8 Å². The maximum absolute atomic E-state index is 12.5. The summed E-state index contributed by atoms with van der Waals surface area (Å²) in [5.74, 6) is 0.352. The summed E-state index contributed by atoms with van der Waals surface area (Å²) in [6.45, 7) is -0.000722. The summed E-state index contributed by atoms with van der Waals surface area (Å²) >= 11 is 17.3. The number of hydrogen-bond donors (Lipinski definition) is 3. The molecule has 0 fully saturated rings. The lowest BCUT2D eigenvalue weighted by Gasteiger charge is -2.12. The predicted octanol–water partition coefficient (Wildman–Crippen LogP) is 4.95. The van der Waals surface area contributed by atoms with Crippen molar-refractivity contribution in [2.45, 2.75) is 0 Å². The maximum atomic E-state index is 12.5. The highest BCUT2D eigenvalue weighted by molar-refractivity contribution is 7.80. The van der Waals surface area contributed by atoms with Gasteiger partial charge in [-0.05, 0) is 54.7 Å². The van der Waals surface area contributed by atoms with Crippen LogP contribution in [0.3, 0.4) is 0 Å². The highest BCUT2D eigenvalue weighted by atomic mass is 35.5. The van der Waals surface area contributed by atoms with E-state index in [0.717, 1.165) is 0 Å². The molecule has 0 bridgehead atoms. The second kappa shape index (κ2) is 11.6. The predicted molar refractivity (Wildman–Crippen MR) is 143 cm³/mol. The Balaban J connectivity index is 1.34. The van der Waals surface area contributed by atoms with E-state index in [4.69, 9.17) is 40.2 Å². The lowest BCUT2D eigenvalue weighted by atomic mass is 10.3. The van der Waals surface area contributed by atoms with E-state index in [0.29, 0.717) is 32.9 Å². The van der Waals surface area contributed by atoms with Gasteiger partial charge in [0.1, 0.15) is 11.4 Å². The van der Waals surface area contributed by atoms with Crippen molar-refractivity contribution in [2.24, 2.45) is 0 Å². The third-order valence-corrected chi connectivity index (χ3v) is 5.56. The molecule has 0 spiro atoms. The molecule has 3 aromatic carbocycles. The van der Waals surface area contributed by atoms with Gasteiger partial charge in [-0.15, -0.1) is 5.10 Å². The normalized spacial score (nSPS) is 10.4. The van der Waals surface area contributed by atoms with Crippen LogP contribution in [0.4, 0.5) is 11.4 Å². The molecule has 0 aliphatic rings. The van der Waals surface area contributed by atoms with Crippen molar-refractivity contribution >= 4 is 57.8 Å². The van der Waals surface area contributed by atoms with Crippen molar-refractivity contribution in [3.63, 3.8) is 0 Å². The van der Waals surface area contributed by atoms with Crippen LogP contribution >= 0.6 is 35.4 Å². The summed E-state index contributed by atoms with van der Waals surface area (Å²) in [4.78, 5) is 22.8. The van der Waals surface area contributed by atoms with Crippen LogP contribution in [0.1, 0.15) is 10.5 Å². The Kier molecular flexibility index (Phi) is 8.13. The fourth-order valence-electron chi connectivity index (χ4n) is 3.03. The van der Waals surface area contributed by atoms with Crippen molar-refractivity contribution < 1.29 is 14.5 Å². The minimum Gasteiger partial charge on any atom is -0.454 e. The van der Waals surface area contributed by atoms with E-state index in [1.54, 1.807) is 42.5 Å². The van der Waals surface area contributed by atoms with E-state index in [1.165, 1.54) is 35.1 Å². The van der Waals surface area contributed by atoms with Gasteiger partial charge in [-0.3, -0.25) is 14.9 Å². The van der Waals surface area contributed by atoms with Gasteiger partial charge in [0.05, 0.1) is 22.8 Å². The Bertz CT molecular complexity index is 1460. The first-order valence-electron chi connectivity index (χ1n) is 10.5. The minimum absolute atomic E-state index is 0.000722. The number of carbonyl (C=O) groups excluding carboxylic acids is 1. The fourth-order valence-corrected chi connectivity index (χ4v) is 3.67. The Hall–Kier alpha value is -4.26. The highest BCUT2D eigenvalue weighted by Crippen LogP contribution is 2.34. The third-order valence-electron chi connectivity index (χ3n) is 4.79. The van der Waals surface area contributed by atoms with E-state index in [9.17, 15) is 14.9 Å². The van der Waals surface area contributed by atoms with Gasteiger partial charge in [0, 0.05) is 22.8 Å². The lowest BCUT2D eigenvalue weighted by Crippen LogP contribution is -2.39. The average Bonchev–Trinajstić information content (AvgIpc) is 3.37. The zero-order valence-electron chi connectivity index (χ0n) is 18.7. The summed E-state index contributed by atoms with van der Waals surface area (Å²) in [5, 5.41) is 28.0. The van der Waals surface area contributed by atoms with Crippen LogP contribution in [0.5, 0.6) is 11.5 Å². The molecule has 0 saturated carbocycles. The Labute approximate surface area is 225 Å². The average molecular weight is 558 g/mol. The first kappa shape index (κ1) is 25.8. The molecule has 1 aromatic heterocycles. The summed E-state index contributed by atoms with van der Waals surface area (Å²) < 4.78 is 7.34. The molecule has 1 heterocycles. The summed E-state index contributed by atoms with van der Waals surface area (Å²) in [7, 11) is 0. The minimum atomic E-state index is -0.493. The molecule has 4 rings (SSSR count). The molecule has 37 heavy (non-hydrogen) atoms. The standard InChI is InChI=1S/C23H17Cl2N7O4S/c24-14-5-10-20(17(25)11-14)36-21-4-2-1-3-19(21)31-12-18(29-30-31)22(33)26-13-27-23(37)28-15-6-8-16(9-7-15)32(34)35/h1-12H,13H2,(H,26,33)(H2,27,28,37). The number of anilines is 1. The van der Waals surface area contributed by atoms with E-state index >= 15 is 0 Å². The maximum Gasteiger partial charge on any atom is 0.274 e. The number of ether oxygens (including phenoxy) is 1. The zero-order valence-corrected chi connectivity index (χ0v) is 21.0. The van der Waals surface area contributed by atoms with Crippen molar-refractivity contribution in [1.82, 2.24) is 25.6 Å². The number of nitrogens with zero attached hydrogens (tertiary/aromatic N) is 4. The van der Waals surface area contributed by atoms with Crippen LogP contribution in [-0.4, -0.2) is 37.6 Å². The van der Waals surface area contributed by atoms with Crippen LogP contribution in [0.15, 0.2) is 72.9 Å². The third kappa shape index (κ3) is 6.70. The number of aromatic nitrogens is 3. The van der Waals surface area contributed by atoms with Crippen molar-refractivity contribution in [3.8, 4) is 17.2 Å². The van der Waals surface area contributed by atoms with E-state index in [1.807, 2.05) is 0 Å². The summed E-state index contributed by atoms with van der Waals surface area (Å²) in [6, 6.07) is 17.7. The number of hydrogen-bond acceptors (Lipinski definition) is 7. The molecule has 188 valence electrons. The first-order valence-corrected chi connectivity index (χ1v) is 11.7. The van der Waals surface area contributed by atoms with E-state index in [-0.39, 0.29) is 23.2 Å². The van der Waals surface area contributed by atoms with Crippen LogP contribution < -0.4 is 20.7 Å². The van der Waals surface area contributed by atoms with Gasteiger partial charge < -0.3 is 20.7 Å². The summed E-state index contributed by atoms with van der Waals surface area (Å²) in [6.07, 6.45) is 1.45. The number of non-ortho nitro benzene ring substituents is 1. The Morgan fingerprint density at radius 2 is 1.81 bits per heavy atom. The van der Waals surface area contributed by atoms with Gasteiger partial charge in [-0.1, -0.05) is 40.5 Å². The Morgan fingerprint density at radius 1 is 1.05 bits per heavy atom. The zero-order chi connectivity index (χ0) is 26.4. The van der Waals surface area contributed by atoms with Gasteiger partial charge in [0.2, 0.25) is 0 Å². The number of thiocarbonyl (C=S) groups is 1. The van der Waals surface area contributed by atoms with E-state index in [2.05, 4.69) is 26.3 Å². The van der Waals surface area contributed by atoms with Gasteiger partial charge in [0.25, 0.3) is 11.6 Å². The van der Waals surface area contributed by atoms with Gasteiger partial charge in [-0.25, -0.2) is 4.68 Å². The first-order chi connectivity index (χ1) is 17.8. The number of rotatable bonds is 8. The van der Waals surface area contributed by atoms with Crippen LogP contribution in [0, 0.1) is 10.1 Å². The fraction of sp³-hybridized carbons (Fsp3) is 0.0435. The SMILES string of the molecule is O=C(NCNC(=S)Nc1ccc([N+](=O)[O-])cc1)c1cn(-c2ccccc2Oc2ccc(Cl)cc2Cl)nn1. The number of benzene rings is 3. The van der Waals surface area contributed by atoms with Crippen molar-refractivity contribution in [1.29, 1.82) is 0 Å². The largest absolute Gasteiger partial charge is 0.454 e. The molecule has 0 saturated heterocycles. The molecule has 0 radical (unpaired) electrons. The smallest absolute Gasteiger partial charge is 0.274 e. The molecule has 0 unspecified atom stereocenters. The number of nitro benzene ring substituents is 1. The Morgan fingerprint density at radius 3 is 2.54 bits per heavy atom. The van der Waals surface area contributed by atoms with Crippen LogP contribution in [0.25, 0.3) is 5.69 Å². The molecule has 0 atom stereocenters. The van der Waals surface area contributed by atoms with Gasteiger partial charge in [-0.2, -0.15) is 0 Å². The number of halogens is 2. The van der Waals surface area contributed by atoms with Crippen molar-refractivity contribution in [2.75, 3.05) is 12.0 Å². The van der Waals surface area contributed by atoms with Gasteiger partial charge in [0.15, 0.2) is 16.6 Å². The molecule has 0 aliphatic heterocycles. The second-order valence-corrected chi connectivity index (χ2v) is 8.56. The second-order valence-electron chi connectivity index (χ2n) is 7.31. The summed E-state index contributed by atoms with van der Waals surface area (Å²) in [5.41, 5.74) is 1.12. The molecular weight excluding hydrogens is 541 g/mol. The monoisotopic (exact) mass is 557 g/mol. The number of carbonyl (C=O) groups is 1.